The fraction of sp³-hybridized carbons (Fsp3) is 0. The van der Waals surface area contributed by atoms with Crippen molar-refractivity contribution in [3.63, 3.8) is 0 Å². The lowest BCUT2D eigenvalue weighted by molar-refractivity contribution is 0.445. The molecule has 0 amide bonds. The van der Waals surface area contributed by atoms with Crippen LogP contribution in [0.2, 0.25) is 0 Å². The Morgan fingerprint density at radius 2 is 1.05 bits per heavy atom. The summed E-state index contributed by atoms with van der Waals surface area (Å²) in [5.41, 5.74) is 5.69. The van der Waals surface area contributed by atoms with Crippen molar-refractivity contribution in [1.29, 1.82) is 0 Å². The predicted molar refractivity (Wildman–Crippen MR) is 79.0 cm³/mol. The Kier molecular flexibility index (Phi) is 1.95. The highest BCUT2D eigenvalue weighted by atomic mass is 16.5. The second-order valence-electron chi connectivity index (χ2n) is 5.04. The van der Waals surface area contributed by atoms with Crippen molar-refractivity contribution in [1.82, 2.24) is 0 Å². The van der Waals surface area contributed by atoms with Gasteiger partial charge in [0.1, 0.15) is 24.0 Å². The molecule has 3 heterocycles. The van der Waals surface area contributed by atoms with Crippen LogP contribution >= 0.6 is 0 Å². The van der Waals surface area contributed by atoms with E-state index in [9.17, 15) is 0 Å². The Bertz CT molecular complexity index is 916. The van der Waals surface area contributed by atoms with Crippen LogP contribution in [0.25, 0.3) is 34.8 Å². The lowest BCUT2D eigenvalue weighted by atomic mass is 9.95. The molecule has 0 saturated carbocycles. The van der Waals surface area contributed by atoms with Crippen molar-refractivity contribution >= 4 is 12.5 Å². The minimum atomic E-state index is 0.732. The maximum absolute atomic E-state index is 5.88. The molecule has 3 heteroatoms. The van der Waals surface area contributed by atoms with Crippen LogP contribution in [0.5, 0.6) is 11.5 Å². The topological polar surface area (TPSA) is 31.6 Å². The molecule has 0 radical (unpaired) electrons. The Balaban J connectivity index is 1.95. The Morgan fingerprint density at radius 1 is 0.571 bits per heavy atom. The molecule has 0 fully saturated rings. The molecule has 0 unspecified atom stereocenters. The molecule has 100 valence electrons. The molecule has 0 aliphatic carbocycles. The summed E-state index contributed by atoms with van der Waals surface area (Å²) in [5, 5.41) is 0. The van der Waals surface area contributed by atoms with E-state index in [-0.39, 0.29) is 0 Å². The number of ether oxygens (including phenoxy) is 2. The summed E-state index contributed by atoms with van der Waals surface area (Å²) in [6, 6.07) is 16.0. The van der Waals surface area contributed by atoms with E-state index < -0.39 is 0 Å². The van der Waals surface area contributed by atoms with Crippen LogP contribution in [0.15, 0.2) is 52.9 Å². The molecule has 3 aromatic rings. The third kappa shape index (κ3) is 1.37. The van der Waals surface area contributed by atoms with Gasteiger partial charge in [-0.1, -0.05) is 36.4 Å². The number of hydrogen-bond acceptors (Lipinski definition) is 3. The molecular weight excluding hydrogens is 264 g/mol. The lowest BCUT2D eigenvalue weighted by Crippen LogP contribution is -2.08. The highest BCUT2D eigenvalue weighted by Gasteiger charge is 2.25. The largest absolute Gasteiger partial charge is 0.460 e. The molecule has 0 N–H and O–H groups in total. The number of fused-ring (bicyclic) bond motifs is 7. The van der Waals surface area contributed by atoms with Crippen molar-refractivity contribution in [3.8, 4) is 33.8 Å². The van der Waals surface area contributed by atoms with Crippen molar-refractivity contribution in [2.24, 2.45) is 0 Å². The third-order valence-corrected chi connectivity index (χ3v) is 3.86. The first-order chi connectivity index (χ1) is 10.4. The fourth-order valence-electron chi connectivity index (χ4n) is 2.95. The first kappa shape index (κ1) is 10.8. The Morgan fingerprint density at radius 3 is 1.57 bits per heavy atom. The van der Waals surface area contributed by atoms with E-state index in [2.05, 4.69) is 12.1 Å². The minimum absolute atomic E-state index is 0.732. The van der Waals surface area contributed by atoms with E-state index in [0.29, 0.717) is 0 Å². The Hall–Kier alpha value is -2.94. The van der Waals surface area contributed by atoms with Crippen LogP contribution in [0.3, 0.4) is 0 Å². The van der Waals surface area contributed by atoms with Crippen LogP contribution in [0.1, 0.15) is 0 Å². The van der Waals surface area contributed by atoms with Crippen LogP contribution in [0.4, 0.5) is 0 Å². The average molecular weight is 274 g/mol. The molecule has 1 aromatic heterocycles. The highest BCUT2D eigenvalue weighted by Crippen LogP contribution is 2.40. The summed E-state index contributed by atoms with van der Waals surface area (Å²) >= 11 is 0. The molecule has 0 bridgehead atoms. The van der Waals surface area contributed by atoms with Crippen molar-refractivity contribution in [3.05, 3.63) is 59.4 Å². The second kappa shape index (κ2) is 3.79. The first-order valence-electron chi connectivity index (χ1n) is 6.77. The fourth-order valence-corrected chi connectivity index (χ4v) is 2.95. The molecule has 2 aliphatic rings. The first-order valence-corrected chi connectivity index (χ1v) is 6.77. The second-order valence-corrected chi connectivity index (χ2v) is 5.04. The summed E-state index contributed by atoms with van der Waals surface area (Å²) in [7, 11) is 0. The molecule has 0 spiro atoms. The van der Waals surface area contributed by atoms with Crippen molar-refractivity contribution < 1.29 is 13.9 Å². The van der Waals surface area contributed by atoms with E-state index in [1.165, 1.54) is 0 Å². The molecule has 2 aliphatic heterocycles. The van der Waals surface area contributed by atoms with Gasteiger partial charge in [0.15, 0.2) is 10.8 Å². The van der Waals surface area contributed by atoms with E-state index in [0.717, 1.165) is 44.6 Å². The number of furan rings is 1. The maximum atomic E-state index is 5.88. The van der Waals surface area contributed by atoms with Gasteiger partial charge >= 0.3 is 0 Å². The third-order valence-electron chi connectivity index (χ3n) is 3.86. The zero-order valence-corrected chi connectivity index (χ0v) is 11.0. The predicted octanol–water partition coefficient (Wildman–Crippen LogP) is 2.87. The lowest BCUT2D eigenvalue weighted by Gasteiger charge is -2.15. The minimum Gasteiger partial charge on any atom is -0.460 e. The van der Waals surface area contributed by atoms with Crippen molar-refractivity contribution in [2.45, 2.75) is 0 Å². The highest BCUT2D eigenvalue weighted by molar-refractivity contribution is 5.90. The van der Waals surface area contributed by atoms with Gasteiger partial charge in [0.2, 0.25) is 0 Å². The normalized spacial score (nSPS) is 13.3. The summed E-state index contributed by atoms with van der Waals surface area (Å²) in [4.78, 5) is 0. The van der Waals surface area contributed by atoms with E-state index in [1.54, 1.807) is 12.5 Å². The summed E-state index contributed by atoms with van der Waals surface area (Å²) in [6.07, 6.45) is 3.32. The number of para-hydroxylation sites is 2. The van der Waals surface area contributed by atoms with Gasteiger partial charge in [0.25, 0.3) is 0 Å². The van der Waals surface area contributed by atoms with Gasteiger partial charge in [0, 0.05) is 22.3 Å². The SMILES string of the molecule is C1=c2oc3c(c2-c2ccccc2O1)-c1ccccc1OC=3. The smallest absolute Gasteiger partial charge is 0.171 e. The molecule has 21 heavy (non-hydrogen) atoms. The zero-order chi connectivity index (χ0) is 13.8. The quantitative estimate of drug-likeness (QED) is 0.631. The number of rotatable bonds is 0. The van der Waals surface area contributed by atoms with E-state index in [4.69, 9.17) is 13.9 Å². The standard InChI is InChI=1S/C18H10O3/c1-3-7-13-11(5-1)17-15(9-19-13)21-16-10-20-14-8-4-2-6-12(14)18(16)17/h1-10H. The van der Waals surface area contributed by atoms with E-state index in [1.807, 2.05) is 36.4 Å². The summed E-state index contributed by atoms with van der Waals surface area (Å²) in [6.45, 7) is 0. The summed E-state index contributed by atoms with van der Waals surface area (Å²) < 4.78 is 17.2. The molecule has 0 saturated heterocycles. The van der Waals surface area contributed by atoms with Crippen LogP contribution in [-0.4, -0.2) is 0 Å². The maximum Gasteiger partial charge on any atom is 0.171 e. The van der Waals surface area contributed by atoms with Gasteiger partial charge in [0.05, 0.1) is 0 Å². The number of benzene rings is 2. The van der Waals surface area contributed by atoms with Crippen LogP contribution in [-0.2, 0) is 0 Å². The monoisotopic (exact) mass is 274 g/mol. The van der Waals surface area contributed by atoms with Gasteiger partial charge in [-0.2, -0.15) is 0 Å². The number of hydrogen-bond donors (Lipinski definition) is 0. The van der Waals surface area contributed by atoms with Gasteiger partial charge in [-0.15, -0.1) is 0 Å². The molecule has 3 nitrogen and oxygen atoms in total. The average Bonchev–Trinajstić information content (AvgIpc) is 2.94. The van der Waals surface area contributed by atoms with Gasteiger partial charge in [-0.25, -0.2) is 0 Å². The Labute approximate surface area is 120 Å². The molecule has 2 aromatic carbocycles. The summed E-state index contributed by atoms with van der Waals surface area (Å²) in [5.74, 6) is 1.69. The van der Waals surface area contributed by atoms with E-state index >= 15 is 0 Å². The van der Waals surface area contributed by atoms with Crippen LogP contribution in [0, 0.1) is 0 Å². The molecule has 5 rings (SSSR count). The van der Waals surface area contributed by atoms with Crippen molar-refractivity contribution in [2.75, 3.05) is 0 Å². The molecule has 0 atom stereocenters. The van der Waals surface area contributed by atoms with Gasteiger partial charge in [-0.3, -0.25) is 0 Å². The van der Waals surface area contributed by atoms with Crippen LogP contribution < -0.4 is 20.3 Å². The van der Waals surface area contributed by atoms with Gasteiger partial charge in [-0.05, 0) is 12.1 Å². The van der Waals surface area contributed by atoms with Gasteiger partial charge < -0.3 is 13.9 Å². The zero-order valence-electron chi connectivity index (χ0n) is 11.0. The molecular formula is C18H10O3.